The van der Waals surface area contributed by atoms with Crippen molar-refractivity contribution in [3.8, 4) is 68.1 Å². The summed E-state index contributed by atoms with van der Waals surface area (Å²) in [5.74, 6) is 2.62. The minimum Gasteiger partial charge on any atom is -0.492 e. The first-order valence-corrected chi connectivity index (χ1v) is 45.3. The zero-order valence-corrected chi connectivity index (χ0v) is 76.0. The molecular weight excluding hydrogens is 1740 g/mol. The first kappa shape index (κ1) is 92.5. The van der Waals surface area contributed by atoms with Crippen molar-refractivity contribution in [3.05, 3.63) is 232 Å². The van der Waals surface area contributed by atoms with Gasteiger partial charge in [0, 0.05) is 109 Å². The van der Waals surface area contributed by atoms with Gasteiger partial charge in [-0.15, -0.1) is 22.7 Å². The summed E-state index contributed by atoms with van der Waals surface area (Å²) in [6.45, 7) is 27.3. The first-order valence-electron chi connectivity index (χ1n) is 43.6. The van der Waals surface area contributed by atoms with Crippen LogP contribution >= 0.6 is 22.7 Å². The van der Waals surface area contributed by atoms with Gasteiger partial charge >= 0.3 is 6.18 Å². The standard InChI is InChI=1S/C35H39N7O3.C32H36N8O3S.C29H27F3N8O3S/c1-35(2,3)26-8-4-24(5-9-26)22-30(43)39-27-10-12-28(13-11-27)42-34-31(33(36)37-23-38-34)32(40-42)25-6-14-29(15-7-25)45-21-18-41-16-19-44-20-17-41;1-32(2,3)25-19-44-27(37-25)18-26(41)36-22-6-8-23(9-7-22)40-31-28(30(33)34-20-35-31)29(38-40)21-4-10-24(11-5-21)43-17-14-39-12-15-42-16-13-39;30-29(31,32)22-16-44-24(37-22)15-23(41)36-19-3-5-20(6-4-19)40-28-25(27(33)34-17-35-28)26(38-40)18-1-7-21(8-2-18)43-14-11-39-9-12-42-13-10-39/h4-15,23H,16-22H2,1-3H3,(H,39,43)(H2,36,37,38);4-11,19-20H,12-18H2,1-3H3,(H,36,41)(H2,33,34,35);1-8,16-17H,9-15H2,(H,36,41)(H2,33,34,35). The molecule has 0 radical (unpaired) electrons. The Kier molecular flexibility index (Phi) is 29.0. The number of hydrogen-bond acceptors (Lipinski definition) is 28. The molecule has 3 aliphatic rings. The molecule has 0 spiro atoms. The number of amides is 3. The van der Waals surface area contributed by atoms with Gasteiger partial charge in [0.2, 0.25) is 17.7 Å². The van der Waals surface area contributed by atoms with E-state index in [1.165, 1.54) is 35.9 Å². The Bertz CT molecular complexity index is 6230. The maximum atomic E-state index is 12.8. The molecule has 15 aromatic rings. The summed E-state index contributed by atoms with van der Waals surface area (Å²) in [4.78, 5) is 79.1. The number of nitrogens with zero attached hydrogens (tertiary/aromatic N) is 17. The summed E-state index contributed by atoms with van der Waals surface area (Å²) >= 11 is 2.30. The van der Waals surface area contributed by atoms with Crippen LogP contribution in [0.2, 0.25) is 0 Å². The fourth-order valence-corrected chi connectivity index (χ4v) is 16.9. The average Bonchev–Trinajstić information content (AvgIpc) is 1.62. The fourth-order valence-electron chi connectivity index (χ4n) is 15.1. The number of nitrogens with one attached hydrogen (secondary N) is 3. The van der Waals surface area contributed by atoms with E-state index in [0.717, 1.165) is 177 Å². The van der Waals surface area contributed by atoms with Crippen molar-refractivity contribution in [3.63, 3.8) is 0 Å². The van der Waals surface area contributed by atoms with Crippen molar-refractivity contribution < 1.29 is 56.0 Å². The van der Waals surface area contributed by atoms with Crippen molar-refractivity contribution >= 4 is 108 Å². The zero-order valence-electron chi connectivity index (χ0n) is 74.4. The lowest BCUT2D eigenvalue weighted by Gasteiger charge is -2.26. The Morgan fingerprint density at radius 1 is 0.391 bits per heavy atom. The molecule has 11 heterocycles. The van der Waals surface area contributed by atoms with E-state index in [2.05, 4.69) is 124 Å². The first-order chi connectivity index (χ1) is 64.2. The lowest BCUT2D eigenvalue weighted by atomic mass is 9.86. The zero-order chi connectivity index (χ0) is 92.8. The monoisotopic (exact) mass is 1840 g/mol. The summed E-state index contributed by atoms with van der Waals surface area (Å²) in [5.41, 5.74) is 31.4. The molecule has 0 bridgehead atoms. The molecule has 0 atom stereocenters. The van der Waals surface area contributed by atoms with Gasteiger partial charge in [-0.05, 0) is 162 Å². The minimum absolute atomic E-state index is 0.0474. The topological polar surface area (TPSA) is 387 Å². The van der Waals surface area contributed by atoms with Gasteiger partial charge in [-0.25, -0.2) is 53.9 Å². The number of morpholine rings is 3. The Morgan fingerprint density at radius 3 is 0.992 bits per heavy atom. The summed E-state index contributed by atoms with van der Waals surface area (Å²) in [6.07, 6.45) is -0.0616. The van der Waals surface area contributed by atoms with E-state index >= 15 is 0 Å². The molecule has 9 N–H and O–H groups in total. The number of rotatable bonds is 27. The van der Waals surface area contributed by atoms with Gasteiger partial charge in [0.05, 0.1) is 97.8 Å². The molecule has 3 aliphatic heterocycles. The molecule has 7 aromatic carbocycles. The van der Waals surface area contributed by atoms with Crippen molar-refractivity contribution in [1.82, 2.24) is 83.9 Å². The van der Waals surface area contributed by atoms with E-state index in [1.807, 2.05) is 139 Å². The number of aromatic nitrogens is 14. The Hall–Kier alpha value is -13.8. The van der Waals surface area contributed by atoms with E-state index in [0.29, 0.717) is 111 Å². The molecule has 37 heteroatoms. The number of fused-ring (bicyclic) bond motifs is 3. The number of anilines is 6. The molecule has 0 unspecified atom stereocenters. The second kappa shape index (κ2) is 41.8. The van der Waals surface area contributed by atoms with Crippen LogP contribution in [-0.4, -0.2) is 220 Å². The molecule has 133 heavy (non-hydrogen) atoms. The number of alkyl halides is 3. The van der Waals surface area contributed by atoms with Gasteiger partial charge in [-0.3, -0.25) is 29.1 Å². The number of halogens is 3. The van der Waals surface area contributed by atoms with Crippen LogP contribution in [0.1, 0.15) is 74.1 Å². The van der Waals surface area contributed by atoms with E-state index in [-0.39, 0.29) is 46.3 Å². The summed E-state index contributed by atoms with van der Waals surface area (Å²) in [7, 11) is 0. The van der Waals surface area contributed by atoms with Gasteiger partial charge in [-0.2, -0.15) is 28.5 Å². The Balaban J connectivity index is 0.000000145. The highest BCUT2D eigenvalue weighted by molar-refractivity contribution is 7.10. The quantitative estimate of drug-likeness (QED) is 0.0278. The fraction of sp³-hybridized carbons (Fsp3) is 0.312. The van der Waals surface area contributed by atoms with E-state index < -0.39 is 17.8 Å². The average molecular weight is 1840 g/mol. The molecule has 32 nitrogen and oxygen atoms in total. The van der Waals surface area contributed by atoms with E-state index in [1.54, 1.807) is 38.3 Å². The van der Waals surface area contributed by atoms with Crippen molar-refractivity contribution in [2.75, 3.05) is 152 Å². The second-order valence-electron chi connectivity index (χ2n) is 33.9. The van der Waals surface area contributed by atoms with Crippen molar-refractivity contribution in [1.29, 1.82) is 0 Å². The molecule has 3 fully saturated rings. The molecule has 8 aromatic heterocycles. The molecule has 3 amide bonds. The highest BCUT2D eigenvalue weighted by Gasteiger charge is 2.34. The predicted octanol–water partition coefficient (Wildman–Crippen LogP) is 14.4. The lowest BCUT2D eigenvalue weighted by Crippen LogP contribution is -2.38. The summed E-state index contributed by atoms with van der Waals surface area (Å²) < 4.78 is 77.6. The second-order valence-corrected chi connectivity index (χ2v) is 35.8. The third-order valence-corrected chi connectivity index (χ3v) is 24.1. The molecule has 688 valence electrons. The van der Waals surface area contributed by atoms with Gasteiger partial charge in [0.1, 0.15) is 101 Å². The number of thiazole rings is 2. The van der Waals surface area contributed by atoms with Crippen LogP contribution in [0.3, 0.4) is 0 Å². The van der Waals surface area contributed by atoms with Crippen LogP contribution in [0, 0.1) is 0 Å². The van der Waals surface area contributed by atoms with Gasteiger partial charge in [0.15, 0.2) is 22.6 Å². The number of benzene rings is 7. The van der Waals surface area contributed by atoms with Crippen molar-refractivity contribution in [2.24, 2.45) is 0 Å². The Morgan fingerprint density at radius 2 is 0.699 bits per heavy atom. The van der Waals surface area contributed by atoms with E-state index in [9.17, 15) is 27.6 Å². The molecule has 0 saturated carbocycles. The van der Waals surface area contributed by atoms with Crippen LogP contribution in [0.25, 0.3) is 83.9 Å². The maximum absolute atomic E-state index is 12.8. The Labute approximate surface area is 773 Å². The minimum atomic E-state index is -4.55. The SMILES string of the molecule is CC(C)(C)c1ccc(CC(=O)Nc2ccc(-n3nc(-c4ccc(OCCN5CCOCC5)cc4)c4c(N)ncnc43)cc2)cc1.CC(C)(C)c1csc(CC(=O)Nc2ccc(-n3nc(-c4ccc(OCCN5CCOCC5)cc4)c4c(N)ncnc43)cc2)n1.Nc1ncnc2c1c(-c1ccc(OCCN3CCOCC3)cc1)nn2-c1ccc(NC(=O)Cc2nc(C(F)(F)F)cs2)cc1. The summed E-state index contributed by atoms with van der Waals surface area (Å²) in [6, 6.07) is 53.2. The third kappa shape index (κ3) is 23.6. The normalized spacial score (nSPS) is 14.1. The lowest BCUT2D eigenvalue weighted by molar-refractivity contribution is -0.141. The highest BCUT2D eigenvalue weighted by atomic mass is 32.1. The van der Waals surface area contributed by atoms with Crippen LogP contribution in [0.5, 0.6) is 17.2 Å². The predicted molar refractivity (Wildman–Crippen MR) is 508 cm³/mol. The number of nitrogen functional groups attached to an aromatic ring is 3. The van der Waals surface area contributed by atoms with Crippen LogP contribution in [-0.2, 0) is 64.9 Å². The molecule has 0 aliphatic carbocycles. The van der Waals surface area contributed by atoms with Crippen LogP contribution in [0.4, 0.5) is 47.7 Å². The number of carbonyl (C=O) groups is 3. The largest absolute Gasteiger partial charge is 0.492 e. The number of hydrogen-bond donors (Lipinski definition) is 6. The number of nitrogens with two attached hydrogens (primary N) is 3. The van der Waals surface area contributed by atoms with Gasteiger partial charge < -0.3 is 61.6 Å². The smallest absolute Gasteiger partial charge is 0.434 e. The third-order valence-electron chi connectivity index (χ3n) is 22.4. The summed E-state index contributed by atoms with van der Waals surface area (Å²) in [5, 5.41) is 29.0. The van der Waals surface area contributed by atoms with Gasteiger partial charge in [0.25, 0.3) is 0 Å². The molecular formula is C96H102F3N23O9S2. The molecule has 18 rings (SSSR count). The molecule has 3 saturated heterocycles. The number of carbonyl (C=O) groups excluding carboxylic acids is 3. The number of ether oxygens (including phenoxy) is 6. The van der Waals surface area contributed by atoms with Crippen LogP contribution < -0.4 is 47.4 Å². The van der Waals surface area contributed by atoms with Gasteiger partial charge in [-0.1, -0.05) is 65.8 Å². The van der Waals surface area contributed by atoms with Crippen LogP contribution in [0.15, 0.2) is 200 Å². The van der Waals surface area contributed by atoms with Crippen molar-refractivity contribution in [2.45, 2.75) is 77.8 Å². The highest BCUT2D eigenvalue weighted by Crippen LogP contribution is 2.39. The maximum Gasteiger partial charge on any atom is 0.434 e. The van der Waals surface area contributed by atoms with E-state index in [4.69, 9.17) is 60.9 Å².